The zero-order valence-corrected chi connectivity index (χ0v) is 17.4. The summed E-state index contributed by atoms with van der Waals surface area (Å²) in [6.45, 7) is 7.79. The molecule has 156 valence electrons. The Kier molecular flexibility index (Phi) is 6.20. The molecule has 0 bridgehead atoms. The maximum Gasteiger partial charge on any atom is 0.349 e. The molecule has 0 saturated heterocycles. The zero-order chi connectivity index (χ0) is 21.7. The van der Waals surface area contributed by atoms with Gasteiger partial charge in [-0.1, -0.05) is 32.9 Å². The average Bonchev–Trinajstić information content (AvgIpc) is 3.12. The van der Waals surface area contributed by atoms with Crippen molar-refractivity contribution in [1.29, 1.82) is 0 Å². The largest absolute Gasteiger partial charge is 0.463 e. The quantitative estimate of drug-likeness (QED) is 0.476. The molecule has 0 aliphatic carbocycles. The van der Waals surface area contributed by atoms with E-state index in [1.54, 1.807) is 37.3 Å². The summed E-state index contributed by atoms with van der Waals surface area (Å²) in [5.74, 6) is 0.356. The summed E-state index contributed by atoms with van der Waals surface area (Å²) in [6.07, 6.45) is 0. The lowest BCUT2D eigenvalue weighted by Gasteiger charge is -2.19. The van der Waals surface area contributed by atoms with Crippen LogP contribution < -0.4 is 14.8 Å². The maximum absolute atomic E-state index is 12.4. The molecule has 3 aromatic rings. The van der Waals surface area contributed by atoms with Crippen LogP contribution in [0.4, 0.5) is 5.69 Å². The topological polar surface area (TPSA) is 90.7 Å². The van der Waals surface area contributed by atoms with Crippen LogP contribution in [0.3, 0.4) is 0 Å². The van der Waals surface area contributed by atoms with Crippen LogP contribution in [-0.2, 0) is 10.2 Å². The summed E-state index contributed by atoms with van der Waals surface area (Å²) >= 11 is 0. The number of carbonyl (C=O) groups excluding carboxylic acids is 2. The zero-order valence-electron chi connectivity index (χ0n) is 17.4. The predicted octanol–water partition coefficient (Wildman–Crippen LogP) is 4.52. The van der Waals surface area contributed by atoms with E-state index < -0.39 is 5.97 Å². The molecule has 1 heterocycles. The molecular formula is C23H24N2O5. The molecule has 0 aliphatic rings. The Morgan fingerprint density at radius 2 is 1.70 bits per heavy atom. The fourth-order valence-corrected chi connectivity index (χ4v) is 2.64. The van der Waals surface area contributed by atoms with E-state index in [2.05, 4.69) is 31.2 Å². The third-order valence-corrected chi connectivity index (χ3v) is 4.30. The van der Waals surface area contributed by atoms with Crippen molar-refractivity contribution >= 4 is 17.6 Å². The Balaban J connectivity index is 1.52. The van der Waals surface area contributed by atoms with E-state index in [1.165, 1.54) is 0 Å². The normalized spacial score (nSPS) is 11.1. The van der Waals surface area contributed by atoms with Gasteiger partial charge in [0.15, 0.2) is 6.61 Å². The highest BCUT2D eigenvalue weighted by atomic mass is 16.6. The number of amides is 1. The second kappa shape index (κ2) is 8.82. The van der Waals surface area contributed by atoms with E-state index in [1.807, 2.05) is 24.3 Å². The highest BCUT2D eigenvalue weighted by Crippen LogP contribution is 2.23. The number of carbonyl (C=O) groups is 2. The van der Waals surface area contributed by atoms with E-state index in [0.29, 0.717) is 22.8 Å². The summed E-state index contributed by atoms with van der Waals surface area (Å²) < 4.78 is 15.2. The monoisotopic (exact) mass is 408 g/mol. The lowest BCUT2D eigenvalue weighted by Crippen LogP contribution is -2.18. The van der Waals surface area contributed by atoms with Gasteiger partial charge in [0.05, 0.1) is 0 Å². The summed E-state index contributed by atoms with van der Waals surface area (Å²) in [4.78, 5) is 24.3. The molecule has 7 heteroatoms. The Bertz CT molecular complexity index is 1010. The number of anilines is 1. The number of hydrogen-bond acceptors (Lipinski definition) is 6. The lowest BCUT2D eigenvalue weighted by molar-refractivity contribution is -0.136. The summed E-state index contributed by atoms with van der Waals surface area (Å²) in [7, 11) is 0. The molecule has 30 heavy (non-hydrogen) atoms. The van der Waals surface area contributed by atoms with Crippen molar-refractivity contribution in [3.63, 3.8) is 0 Å². The van der Waals surface area contributed by atoms with Gasteiger partial charge in [0.25, 0.3) is 11.8 Å². The summed E-state index contributed by atoms with van der Waals surface area (Å²) in [5, 5.41) is 6.45. The molecule has 1 amide bonds. The number of nitrogens with one attached hydrogen (secondary N) is 1. The molecule has 0 radical (unpaired) electrons. The van der Waals surface area contributed by atoms with Crippen LogP contribution in [0.1, 0.15) is 42.5 Å². The van der Waals surface area contributed by atoms with Gasteiger partial charge in [-0.25, -0.2) is 4.79 Å². The Hall–Kier alpha value is -3.61. The highest BCUT2D eigenvalue weighted by molar-refractivity contribution is 6.04. The van der Waals surface area contributed by atoms with Gasteiger partial charge >= 0.3 is 5.97 Å². The first-order chi connectivity index (χ1) is 14.2. The first kappa shape index (κ1) is 21.1. The third kappa shape index (κ3) is 5.70. The number of esters is 1. The van der Waals surface area contributed by atoms with Crippen molar-refractivity contribution < 1.29 is 23.6 Å². The lowest BCUT2D eigenvalue weighted by atomic mass is 9.87. The fourth-order valence-electron chi connectivity index (χ4n) is 2.64. The number of benzene rings is 2. The molecule has 0 fully saturated rings. The van der Waals surface area contributed by atoms with Crippen LogP contribution in [0.5, 0.6) is 11.6 Å². The second-order valence-corrected chi connectivity index (χ2v) is 7.84. The fraction of sp³-hybridized carbons (Fsp3) is 0.261. The standard InChI is InChI=1S/C23H24N2O5/c1-15-13-20(25-30-15)28-14-21(26)29-19-11-9-18(10-12-19)24-22(27)16-5-7-17(8-6-16)23(2,3)4/h5-13H,14H2,1-4H3,(H,24,27). The summed E-state index contributed by atoms with van der Waals surface area (Å²) in [5.41, 5.74) is 2.35. The van der Waals surface area contributed by atoms with E-state index in [4.69, 9.17) is 14.0 Å². The minimum absolute atomic E-state index is 0.0291. The maximum atomic E-state index is 12.4. The molecule has 0 atom stereocenters. The van der Waals surface area contributed by atoms with Gasteiger partial charge in [-0.15, -0.1) is 0 Å². The van der Waals surface area contributed by atoms with Crippen LogP contribution in [0.15, 0.2) is 59.1 Å². The molecule has 1 N–H and O–H groups in total. The molecule has 0 unspecified atom stereocenters. The second-order valence-electron chi connectivity index (χ2n) is 7.84. The van der Waals surface area contributed by atoms with Gasteiger partial charge in [0, 0.05) is 17.3 Å². The molecule has 2 aromatic carbocycles. The number of ether oxygens (including phenoxy) is 2. The Morgan fingerprint density at radius 1 is 1.03 bits per heavy atom. The highest BCUT2D eigenvalue weighted by Gasteiger charge is 2.14. The number of hydrogen-bond donors (Lipinski definition) is 1. The van der Waals surface area contributed by atoms with Gasteiger partial charge in [-0.3, -0.25) is 4.79 Å². The van der Waals surface area contributed by atoms with Crippen molar-refractivity contribution in [2.45, 2.75) is 33.1 Å². The number of nitrogens with zero attached hydrogens (tertiary/aromatic N) is 1. The molecule has 0 aliphatic heterocycles. The van der Waals surface area contributed by atoms with Crippen molar-refractivity contribution in [2.75, 3.05) is 11.9 Å². The van der Waals surface area contributed by atoms with E-state index in [9.17, 15) is 9.59 Å². The number of rotatable bonds is 6. The molecule has 0 spiro atoms. The first-order valence-electron chi connectivity index (χ1n) is 9.49. The van der Waals surface area contributed by atoms with Gasteiger partial charge in [0.2, 0.25) is 0 Å². The average molecular weight is 408 g/mol. The smallest absolute Gasteiger partial charge is 0.349 e. The van der Waals surface area contributed by atoms with Gasteiger partial charge in [0.1, 0.15) is 11.5 Å². The first-order valence-corrected chi connectivity index (χ1v) is 9.49. The van der Waals surface area contributed by atoms with E-state index >= 15 is 0 Å². The van der Waals surface area contributed by atoms with Crippen LogP contribution in [0.25, 0.3) is 0 Å². The number of aryl methyl sites for hydroxylation is 1. The van der Waals surface area contributed by atoms with Crippen LogP contribution >= 0.6 is 0 Å². The molecule has 1 aromatic heterocycles. The van der Waals surface area contributed by atoms with Crippen molar-refractivity contribution in [1.82, 2.24) is 5.16 Å². The molecule has 0 saturated carbocycles. The number of aromatic nitrogens is 1. The van der Waals surface area contributed by atoms with Gasteiger partial charge < -0.3 is 19.3 Å². The van der Waals surface area contributed by atoms with Crippen LogP contribution in [0.2, 0.25) is 0 Å². The SMILES string of the molecule is Cc1cc(OCC(=O)Oc2ccc(NC(=O)c3ccc(C(C)(C)C)cc3)cc2)no1. The van der Waals surface area contributed by atoms with Crippen molar-refractivity contribution in [3.8, 4) is 11.6 Å². The Morgan fingerprint density at radius 3 is 2.27 bits per heavy atom. The minimum Gasteiger partial charge on any atom is -0.463 e. The van der Waals surface area contributed by atoms with Crippen LogP contribution in [-0.4, -0.2) is 23.6 Å². The Labute approximate surface area is 175 Å². The summed E-state index contributed by atoms with van der Waals surface area (Å²) in [6, 6.07) is 15.6. The van der Waals surface area contributed by atoms with E-state index in [-0.39, 0.29) is 23.8 Å². The van der Waals surface area contributed by atoms with Gasteiger partial charge in [-0.2, -0.15) is 0 Å². The predicted molar refractivity (Wildman–Crippen MR) is 112 cm³/mol. The van der Waals surface area contributed by atoms with E-state index in [0.717, 1.165) is 5.56 Å². The molecule has 7 nitrogen and oxygen atoms in total. The van der Waals surface area contributed by atoms with Gasteiger partial charge in [-0.05, 0) is 59.5 Å². The molecular weight excluding hydrogens is 384 g/mol. The third-order valence-electron chi connectivity index (χ3n) is 4.30. The molecule has 3 rings (SSSR count). The van der Waals surface area contributed by atoms with Crippen molar-refractivity contribution in [2.24, 2.45) is 0 Å². The van der Waals surface area contributed by atoms with Crippen molar-refractivity contribution in [3.05, 3.63) is 71.5 Å². The van der Waals surface area contributed by atoms with Crippen LogP contribution in [0, 0.1) is 6.92 Å². The minimum atomic E-state index is -0.577.